The first-order valence-corrected chi connectivity index (χ1v) is 10.9. The fourth-order valence-corrected chi connectivity index (χ4v) is 4.72. The molecule has 30 heavy (non-hydrogen) atoms. The van der Waals surface area contributed by atoms with Crippen molar-refractivity contribution in [3.63, 3.8) is 0 Å². The second kappa shape index (κ2) is 7.98. The van der Waals surface area contributed by atoms with Crippen LogP contribution in [0.3, 0.4) is 0 Å². The zero-order valence-electron chi connectivity index (χ0n) is 17.7. The van der Waals surface area contributed by atoms with Gasteiger partial charge in [-0.1, -0.05) is 6.07 Å². The Kier molecular flexibility index (Phi) is 5.76. The Hall–Kier alpha value is -3.07. The molecule has 8 nitrogen and oxygen atoms in total. The molecule has 0 unspecified atom stereocenters. The van der Waals surface area contributed by atoms with E-state index < -0.39 is 22.5 Å². The average Bonchev–Trinajstić information content (AvgIpc) is 2.92. The van der Waals surface area contributed by atoms with Crippen molar-refractivity contribution in [2.24, 2.45) is 14.1 Å². The van der Waals surface area contributed by atoms with Crippen LogP contribution in [0.25, 0.3) is 11.0 Å². The molecule has 0 atom stereocenters. The molecule has 0 radical (unpaired) electrons. The summed E-state index contributed by atoms with van der Waals surface area (Å²) in [5.74, 6) is -0.646. The van der Waals surface area contributed by atoms with Crippen molar-refractivity contribution < 1.29 is 17.9 Å². The summed E-state index contributed by atoms with van der Waals surface area (Å²) in [4.78, 5) is 24.4. The van der Waals surface area contributed by atoms with Crippen molar-refractivity contribution in [2.75, 3.05) is 17.5 Å². The van der Waals surface area contributed by atoms with E-state index in [0.717, 1.165) is 15.4 Å². The number of hydrogen-bond acceptors (Lipinski definition) is 5. The molecule has 0 fully saturated rings. The van der Waals surface area contributed by atoms with Crippen LogP contribution in [-0.4, -0.2) is 36.7 Å². The lowest BCUT2D eigenvalue weighted by Crippen LogP contribution is -2.36. The molecule has 0 spiro atoms. The first kappa shape index (κ1) is 21.6. The maximum Gasteiger partial charge on any atom is 0.328 e. The van der Waals surface area contributed by atoms with E-state index >= 15 is 0 Å². The summed E-state index contributed by atoms with van der Waals surface area (Å²) in [5, 5.41) is 0. The highest BCUT2D eigenvalue weighted by atomic mass is 32.2. The summed E-state index contributed by atoms with van der Waals surface area (Å²) in [6, 6.07) is 9.68. The number of anilines is 1. The van der Waals surface area contributed by atoms with Crippen molar-refractivity contribution in [1.29, 1.82) is 0 Å². The van der Waals surface area contributed by atoms with Gasteiger partial charge in [-0.3, -0.25) is 18.2 Å². The Morgan fingerprint density at radius 2 is 1.67 bits per heavy atom. The maximum atomic E-state index is 13.5. The van der Waals surface area contributed by atoms with Gasteiger partial charge in [-0.05, 0) is 62.2 Å². The minimum atomic E-state index is -4.10. The van der Waals surface area contributed by atoms with E-state index in [9.17, 15) is 18.0 Å². The monoisotopic (exact) mass is 431 g/mol. The number of imidazole rings is 1. The van der Waals surface area contributed by atoms with E-state index in [-0.39, 0.29) is 17.2 Å². The van der Waals surface area contributed by atoms with Crippen molar-refractivity contribution in [2.45, 2.75) is 25.7 Å². The van der Waals surface area contributed by atoms with Gasteiger partial charge in [0.2, 0.25) is 0 Å². The molecule has 0 bridgehead atoms. The molecule has 1 heterocycles. The molecule has 0 saturated heterocycles. The zero-order chi connectivity index (χ0) is 22.2. The van der Waals surface area contributed by atoms with Gasteiger partial charge in [-0.2, -0.15) is 0 Å². The van der Waals surface area contributed by atoms with Gasteiger partial charge in [0.1, 0.15) is 6.54 Å². The molecule has 160 valence electrons. The highest BCUT2D eigenvalue weighted by molar-refractivity contribution is 7.92. The van der Waals surface area contributed by atoms with Crippen LogP contribution in [0.1, 0.15) is 18.1 Å². The van der Waals surface area contributed by atoms with Gasteiger partial charge < -0.3 is 4.74 Å². The molecular formula is C21H25N3O5S. The highest BCUT2D eigenvalue weighted by Crippen LogP contribution is 2.27. The highest BCUT2D eigenvalue weighted by Gasteiger charge is 2.29. The Labute approximate surface area is 175 Å². The number of aryl methyl sites for hydroxylation is 4. The van der Waals surface area contributed by atoms with Gasteiger partial charge in [-0.25, -0.2) is 13.2 Å². The normalized spacial score (nSPS) is 11.6. The minimum absolute atomic E-state index is 0.0151. The van der Waals surface area contributed by atoms with Crippen molar-refractivity contribution in [3.05, 3.63) is 58.0 Å². The average molecular weight is 432 g/mol. The number of carbonyl (C=O) groups excluding carboxylic acids is 1. The van der Waals surface area contributed by atoms with E-state index in [1.54, 1.807) is 39.2 Å². The predicted octanol–water partition coefficient (Wildman–Crippen LogP) is 2.25. The van der Waals surface area contributed by atoms with Crippen LogP contribution in [0.5, 0.6) is 0 Å². The quantitative estimate of drug-likeness (QED) is 0.559. The van der Waals surface area contributed by atoms with E-state index in [1.165, 1.54) is 21.3 Å². The summed E-state index contributed by atoms with van der Waals surface area (Å²) in [7, 11) is -0.891. The second-order valence-corrected chi connectivity index (χ2v) is 9.00. The Morgan fingerprint density at radius 1 is 1.00 bits per heavy atom. The molecule has 0 aliphatic rings. The number of benzene rings is 2. The minimum Gasteiger partial charge on any atom is -0.465 e. The first-order chi connectivity index (χ1) is 14.1. The SMILES string of the molecule is CCOC(=O)CN(c1ccc(C)c(C)c1)S(=O)(=O)c1ccc2c(c1)n(C)c(=O)n2C. The molecule has 3 rings (SSSR count). The van der Waals surface area contributed by atoms with Crippen LogP contribution in [0, 0.1) is 13.8 Å². The fraction of sp³-hybridized carbons (Fsp3) is 0.333. The third-order valence-corrected chi connectivity index (χ3v) is 6.96. The van der Waals surface area contributed by atoms with Crippen molar-refractivity contribution in [1.82, 2.24) is 9.13 Å². The van der Waals surface area contributed by atoms with Crippen LogP contribution in [0.4, 0.5) is 5.69 Å². The van der Waals surface area contributed by atoms with Crippen LogP contribution < -0.4 is 9.99 Å². The standard InChI is InChI=1S/C21H25N3O5S/c1-6-29-20(25)13-24(16-8-7-14(2)15(3)11-16)30(27,28)17-9-10-18-19(12-17)23(5)21(26)22(18)4/h7-12H,6,13H2,1-5H3. The second-order valence-electron chi connectivity index (χ2n) is 7.14. The third-order valence-electron chi connectivity index (χ3n) is 5.19. The fourth-order valence-electron chi connectivity index (χ4n) is 3.29. The van der Waals surface area contributed by atoms with Gasteiger partial charge in [0.05, 0.1) is 28.2 Å². The zero-order valence-corrected chi connectivity index (χ0v) is 18.5. The molecule has 0 aliphatic heterocycles. The largest absolute Gasteiger partial charge is 0.465 e. The third kappa shape index (κ3) is 3.72. The molecule has 3 aromatic rings. The van der Waals surface area contributed by atoms with E-state index in [1.807, 2.05) is 19.9 Å². The van der Waals surface area contributed by atoms with Crippen LogP contribution >= 0.6 is 0 Å². The Morgan fingerprint density at radius 3 is 2.30 bits per heavy atom. The summed E-state index contributed by atoms with van der Waals surface area (Å²) in [6.45, 7) is 5.16. The van der Waals surface area contributed by atoms with Gasteiger partial charge in [0.25, 0.3) is 10.0 Å². The molecule has 9 heteroatoms. The number of sulfonamides is 1. The molecule has 1 aromatic heterocycles. The number of aromatic nitrogens is 2. The molecule has 0 amide bonds. The number of nitrogens with zero attached hydrogens (tertiary/aromatic N) is 3. The predicted molar refractivity (Wildman–Crippen MR) is 115 cm³/mol. The number of hydrogen-bond donors (Lipinski definition) is 0. The lowest BCUT2D eigenvalue weighted by atomic mass is 10.1. The summed E-state index contributed by atoms with van der Waals surface area (Å²) in [6.07, 6.45) is 0. The van der Waals surface area contributed by atoms with Crippen LogP contribution in [-0.2, 0) is 33.7 Å². The molecule has 0 aliphatic carbocycles. The smallest absolute Gasteiger partial charge is 0.328 e. The maximum absolute atomic E-state index is 13.5. The van der Waals surface area contributed by atoms with Crippen molar-refractivity contribution in [3.8, 4) is 0 Å². The Balaban J connectivity index is 2.16. The Bertz CT molecular complexity index is 1290. The van der Waals surface area contributed by atoms with Gasteiger partial charge in [0.15, 0.2) is 0 Å². The number of fused-ring (bicyclic) bond motifs is 1. The number of esters is 1. The lowest BCUT2D eigenvalue weighted by molar-refractivity contribution is -0.141. The molecule has 0 N–H and O–H groups in total. The summed E-state index contributed by atoms with van der Waals surface area (Å²) >= 11 is 0. The number of rotatable bonds is 6. The molecule has 0 saturated carbocycles. The summed E-state index contributed by atoms with van der Waals surface area (Å²) < 4.78 is 36.0. The first-order valence-electron chi connectivity index (χ1n) is 9.49. The lowest BCUT2D eigenvalue weighted by Gasteiger charge is -2.24. The van der Waals surface area contributed by atoms with Gasteiger partial charge in [0, 0.05) is 14.1 Å². The molecule has 2 aromatic carbocycles. The van der Waals surface area contributed by atoms with Crippen LogP contribution in [0.2, 0.25) is 0 Å². The van der Waals surface area contributed by atoms with Gasteiger partial charge in [-0.15, -0.1) is 0 Å². The molecular weight excluding hydrogens is 406 g/mol. The number of carbonyl (C=O) groups is 1. The topological polar surface area (TPSA) is 90.6 Å². The van der Waals surface area contributed by atoms with Crippen LogP contribution in [0.15, 0.2) is 46.1 Å². The van der Waals surface area contributed by atoms with Crippen molar-refractivity contribution >= 4 is 32.7 Å². The number of ether oxygens (including phenoxy) is 1. The van der Waals surface area contributed by atoms with Gasteiger partial charge >= 0.3 is 11.7 Å². The van der Waals surface area contributed by atoms with E-state index in [2.05, 4.69) is 0 Å². The summed E-state index contributed by atoms with van der Waals surface area (Å²) in [5.41, 5.74) is 3.13. The van der Waals surface area contributed by atoms with E-state index in [0.29, 0.717) is 16.7 Å². The van der Waals surface area contributed by atoms with E-state index in [4.69, 9.17) is 4.74 Å².